The van der Waals surface area contributed by atoms with Crippen molar-refractivity contribution in [3.63, 3.8) is 0 Å². The molecule has 0 spiro atoms. The van der Waals surface area contributed by atoms with Crippen molar-refractivity contribution < 1.29 is 0 Å². The van der Waals surface area contributed by atoms with Crippen LogP contribution in [0.2, 0.25) is 0 Å². The Morgan fingerprint density at radius 3 is 1.95 bits per heavy atom. The monoisotopic (exact) mass is 256 g/mol. The fraction of sp³-hybridized carbons (Fsp3) is 0.294. The Morgan fingerprint density at radius 2 is 1.37 bits per heavy atom. The molecular formula is C17H24N2. The van der Waals surface area contributed by atoms with Gasteiger partial charge in [-0.15, -0.1) is 0 Å². The Hall–Kier alpha value is -1.96. The molecular weight excluding hydrogens is 232 g/mol. The van der Waals surface area contributed by atoms with E-state index < -0.39 is 0 Å². The van der Waals surface area contributed by atoms with Gasteiger partial charge in [0.15, 0.2) is 0 Å². The zero-order valence-corrected chi connectivity index (χ0v) is 12.1. The first-order chi connectivity index (χ1) is 9.36. The standard InChI is InChI=1S/C15H18N2.C2H6/c1-17(15-10-6-3-7-11-15)13-12-16-14-8-4-2-5-9-14;1-2/h2-11,16H,12-13H2,1H3;1-2H3. The summed E-state index contributed by atoms with van der Waals surface area (Å²) in [6.07, 6.45) is 0. The molecule has 2 aromatic carbocycles. The van der Waals surface area contributed by atoms with Gasteiger partial charge in [0.25, 0.3) is 0 Å². The van der Waals surface area contributed by atoms with Gasteiger partial charge in [0.2, 0.25) is 0 Å². The molecule has 0 heterocycles. The van der Waals surface area contributed by atoms with E-state index in [9.17, 15) is 0 Å². The average Bonchev–Trinajstić information content (AvgIpc) is 2.51. The summed E-state index contributed by atoms with van der Waals surface area (Å²) in [5.41, 5.74) is 2.43. The van der Waals surface area contributed by atoms with E-state index in [4.69, 9.17) is 0 Å². The van der Waals surface area contributed by atoms with E-state index in [2.05, 4.69) is 53.7 Å². The van der Waals surface area contributed by atoms with Gasteiger partial charge in [-0.2, -0.15) is 0 Å². The number of anilines is 2. The fourth-order valence-corrected chi connectivity index (χ4v) is 1.74. The largest absolute Gasteiger partial charge is 0.383 e. The molecule has 0 aliphatic carbocycles. The Morgan fingerprint density at radius 1 is 0.842 bits per heavy atom. The van der Waals surface area contributed by atoms with Crippen LogP contribution in [0.1, 0.15) is 13.8 Å². The number of hydrogen-bond donors (Lipinski definition) is 1. The molecule has 0 radical (unpaired) electrons. The predicted octanol–water partition coefficient (Wildman–Crippen LogP) is 4.26. The zero-order chi connectivity index (χ0) is 13.9. The predicted molar refractivity (Wildman–Crippen MR) is 86.0 cm³/mol. The molecule has 2 heteroatoms. The number of rotatable bonds is 5. The number of para-hydroxylation sites is 2. The van der Waals surface area contributed by atoms with Crippen LogP contribution < -0.4 is 10.2 Å². The highest BCUT2D eigenvalue weighted by Crippen LogP contribution is 2.10. The Bertz CT molecular complexity index is 426. The van der Waals surface area contributed by atoms with Crippen LogP contribution in [0, 0.1) is 0 Å². The van der Waals surface area contributed by atoms with E-state index in [1.54, 1.807) is 0 Å². The van der Waals surface area contributed by atoms with Gasteiger partial charge in [0, 0.05) is 31.5 Å². The maximum atomic E-state index is 3.40. The van der Waals surface area contributed by atoms with Crippen molar-refractivity contribution in [2.24, 2.45) is 0 Å². The Balaban J connectivity index is 0.000000861. The van der Waals surface area contributed by atoms with Gasteiger partial charge in [-0.1, -0.05) is 50.2 Å². The van der Waals surface area contributed by atoms with Crippen LogP contribution in [0.3, 0.4) is 0 Å². The number of benzene rings is 2. The highest BCUT2D eigenvalue weighted by atomic mass is 15.1. The molecule has 2 nitrogen and oxygen atoms in total. The van der Waals surface area contributed by atoms with Crippen molar-refractivity contribution in [2.75, 3.05) is 30.4 Å². The van der Waals surface area contributed by atoms with Gasteiger partial charge in [-0.3, -0.25) is 0 Å². The summed E-state index contributed by atoms with van der Waals surface area (Å²) in [7, 11) is 2.11. The second kappa shape index (κ2) is 9.03. The van der Waals surface area contributed by atoms with Crippen LogP contribution in [0.25, 0.3) is 0 Å². The Kier molecular flexibility index (Phi) is 7.18. The summed E-state index contributed by atoms with van der Waals surface area (Å²) in [5, 5.41) is 3.40. The van der Waals surface area contributed by atoms with Crippen molar-refractivity contribution in [1.29, 1.82) is 0 Å². The highest BCUT2D eigenvalue weighted by molar-refractivity contribution is 5.46. The SMILES string of the molecule is CC.CN(CCNc1ccccc1)c1ccccc1. The van der Waals surface area contributed by atoms with Crippen LogP contribution in [0.15, 0.2) is 60.7 Å². The number of hydrogen-bond acceptors (Lipinski definition) is 2. The second-order valence-corrected chi connectivity index (χ2v) is 4.05. The van der Waals surface area contributed by atoms with E-state index in [-0.39, 0.29) is 0 Å². The maximum absolute atomic E-state index is 3.40. The van der Waals surface area contributed by atoms with E-state index in [0.717, 1.165) is 13.1 Å². The summed E-state index contributed by atoms with van der Waals surface area (Å²) < 4.78 is 0. The fourth-order valence-electron chi connectivity index (χ4n) is 1.74. The van der Waals surface area contributed by atoms with Crippen LogP contribution in [-0.4, -0.2) is 20.1 Å². The van der Waals surface area contributed by atoms with Gasteiger partial charge in [0.1, 0.15) is 0 Å². The van der Waals surface area contributed by atoms with Gasteiger partial charge < -0.3 is 10.2 Å². The van der Waals surface area contributed by atoms with Crippen LogP contribution in [0.4, 0.5) is 11.4 Å². The van der Waals surface area contributed by atoms with Crippen molar-refractivity contribution in [1.82, 2.24) is 0 Å². The molecule has 0 fully saturated rings. The maximum Gasteiger partial charge on any atom is 0.0364 e. The van der Waals surface area contributed by atoms with Gasteiger partial charge >= 0.3 is 0 Å². The van der Waals surface area contributed by atoms with Gasteiger partial charge in [-0.25, -0.2) is 0 Å². The van der Waals surface area contributed by atoms with Crippen LogP contribution in [-0.2, 0) is 0 Å². The minimum atomic E-state index is 0.940. The average molecular weight is 256 g/mol. The summed E-state index contributed by atoms with van der Waals surface area (Å²) in [4.78, 5) is 2.25. The molecule has 0 saturated carbocycles. The zero-order valence-electron chi connectivity index (χ0n) is 12.1. The van der Waals surface area contributed by atoms with E-state index in [1.807, 2.05) is 38.1 Å². The third-order valence-corrected chi connectivity index (χ3v) is 2.75. The summed E-state index contributed by atoms with van der Waals surface area (Å²) in [6, 6.07) is 20.7. The molecule has 19 heavy (non-hydrogen) atoms. The summed E-state index contributed by atoms with van der Waals surface area (Å²) in [5.74, 6) is 0. The molecule has 2 aromatic rings. The highest BCUT2D eigenvalue weighted by Gasteiger charge is 1.98. The minimum absolute atomic E-state index is 0.940. The molecule has 0 amide bonds. The third kappa shape index (κ3) is 5.47. The molecule has 2 rings (SSSR count). The number of nitrogens with one attached hydrogen (secondary N) is 1. The van der Waals surface area contributed by atoms with E-state index >= 15 is 0 Å². The lowest BCUT2D eigenvalue weighted by Gasteiger charge is -2.19. The minimum Gasteiger partial charge on any atom is -0.383 e. The molecule has 0 bridgehead atoms. The Labute approximate surface area is 117 Å². The smallest absolute Gasteiger partial charge is 0.0364 e. The molecule has 0 aliphatic heterocycles. The van der Waals surface area contributed by atoms with Crippen molar-refractivity contribution in [3.05, 3.63) is 60.7 Å². The lowest BCUT2D eigenvalue weighted by atomic mass is 10.3. The number of likely N-dealkylation sites (N-methyl/N-ethyl adjacent to an activating group) is 1. The molecule has 0 aliphatic rings. The van der Waals surface area contributed by atoms with Gasteiger partial charge in [0.05, 0.1) is 0 Å². The summed E-state index contributed by atoms with van der Waals surface area (Å²) in [6.45, 7) is 5.92. The second-order valence-electron chi connectivity index (χ2n) is 4.05. The van der Waals surface area contributed by atoms with Crippen LogP contribution >= 0.6 is 0 Å². The topological polar surface area (TPSA) is 15.3 Å². The molecule has 102 valence electrons. The van der Waals surface area contributed by atoms with Gasteiger partial charge in [-0.05, 0) is 24.3 Å². The first-order valence-electron chi connectivity index (χ1n) is 6.91. The number of nitrogens with zero attached hydrogens (tertiary/aromatic N) is 1. The quantitative estimate of drug-likeness (QED) is 0.860. The third-order valence-electron chi connectivity index (χ3n) is 2.75. The van der Waals surface area contributed by atoms with Crippen molar-refractivity contribution in [2.45, 2.75) is 13.8 Å². The van der Waals surface area contributed by atoms with E-state index in [1.165, 1.54) is 11.4 Å². The van der Waals surface area contributed by atoms with Crippen molar-refractivity contribution in [3.8, 4) is 0 Å². The normalized spacial score (nSPS) is 9.21. The van der Waals surface area contributed by atoms with E-state index in [0.29, 0.717) is 0 Å². The lowest BCUT2D eigenvalue weighted by Crippen LogP contribution is -2.24. The molecule has 0 saturated heterocycles. The molecule has 0 atom stereocenters. The van der Waals surface area contributed by atoms with Crippen molar-refractivity contribution >= 4 is 11.4 Å². The van der Waals surface area contributed by atoms with Crippen LogP contribution in [0.5, 0.6) is 0 Å². The molecule has 1 N–H and O–H groups in total. The molecule has 0 aromatic heterocycles. The molecule has 0 unspecified atom stereocenters. The summed E-state index contributed by atoms with van der Waals surface area (Å²) >= 11 is 0. The first-order valence-corrected chi connectivity index (χ1v) is 6.91. The first kappa shape index (κ1) is 15.1. The lowest BCUT2D eigenvalue weighted by molar-refractivity contribution is 0.915.